The van der Waals surface area contributed by atoms with Crippen molar-refractivity contribution in [3.63, 3.8) is 0 Å². The molecule has 0 aliphatic carbocycles. The average Bonchev–Trinajstić information content (AvgIpc) is 2.09. The van der Waals surface area contributed by atoms with Crippen LogP contribution in [0.3, 0.4) is 0 Å². The van der Waals surface area contributed by atoms with Crippen LogP contribution in [0.15, 0.2) is 0 Å². The molecule has 3 heteroatoms. The van der Waals surface area contributed by atoms with Crippen molar-refractivity contribution in [1.29, 1.82) is 0 Å². The van der Waals surface area contributed by atoms with Crippen molar-refractivity contribution in [3.05, 3.63) is 13.8 Å². The molecule has 0 saturated carbocycles. The molecular weight excluding hydrogens is 282 g/mol. The first-order valence-corrected chi connectivity index (χ1v) is 11.1. The van der Waals surface area contributed by atoms with Crippen molar-refractivity contribution >= 4 is 17.0 Å². The maximum atomic E-state index is 4.93. The van der Waals surface area contributed by atoms with Gasteiger partial charge in [0.05, 0.1) is 0 Å². The van der Waals surface area contributed by atoms with Crippen LogP contribution in [-0.2, 0) is 20.8 Å². The number of hydrogen-bond acceptors (Lipinski definition) is 0. The number of halogens is 2. The fourth-order valence-corrected chi connectivity index (χ4v) is 0.500. The monoisotopic (exact) mass is 302 g/mol. The maximum absolute atomic E-state index is 4.93. The van der Waals surface area contributed by atoms with Crippen LogP contribution >= 0.6 is 17.0 Å². The summed E-state index contributed by atoms with van der Waals surface area (Å²) in [5, 5.41) is 0. The second-order valence-electron chi connectivity index (χ2n) is 2.49. The van der Waals surface area contributed by atoms with E-state index in [9.17, 15) is 0 Å². The molecule has 0 rings (SSSR count). The van der Waals surface area contributed by atoms with E-state index in [1.54, 1.807) is 0 Å². The van der Waals surface area contributed by atoms with E-state index in [4.69, 9.17) is 17.0 Å². The predicted molar refractivity (Wildman–Crippen MR) is 61.5 cm³/mol. The average molecular weight is 304 g/mol. The molecule has 0 nitrogen and oxygen atoms in total. The summed E-state index contributed by atoms with van der Waals surface area (Å²) in [6, 6.07) is 0. The van der Waals surface area contributed by atoms with Gasteiger partial charge < -0.3 is 13.8 Å². The Morgan fingerprint density at radius 2 is 1.15 bits per heavy atom. The Morgan fingerprint density at radius 3 is 1.15 bits per heavy atom. The SMILES string of the molecule is [CH2-]CCCC.[CH2-]CCCC.[Cl][Zr+2][Cl]. The second-order valence-corrected chi connectivity index (χ2v) is 6.22. The van der Waals surface area contributed by atoms with Gasteiger partial charge in [-0.1, -0.05) is 39.5 Å². The van der Waals surface area contributed by atoms with Crippen LogP contribution in [0.1, 0.15) is 52.4 Å². The summed E-state index contributed by atoms with van der Waals surface area (Å²) in [5.41, 5.74) is 0. The Kier molecular flexibility index (Phi) is 44.8. The van der Waals surface area contributed by atoms with Crippen molar-refractivity contribution in [2.24, 2.45) is 0 Å². The Hall–Kier alpha value is 1.46. The van der Waals surface area contributed by atoms with E-state index in [2.05, 4.69) is 27.7 Å². The Morgan fingerprint density at radius 1 is 0.923 bits per heavy atom. The summed E-state index contributed by atoms with van der Waals surface area (Å²) in [6.45, 7) is 11.7. The fourth-order valence-electron chi connectivity index (χ4n) is 0.500. The van der Waals surface area contributed by atoms with Gasteiger partial charge in [0, 0.05) is 0 Å². The zero-order valence-electron chi connectivity index (χ0n) is 8.91. The minimum atomic E-state index is -0.826. The second kappa shape index (κ2) is 29.2. The molecule has 0 aliphatic rings. The van der Waals surface area contributed by atoms with E-state index in [1.165, 1.54) is 25.7 Å². The van der Waals surface area contributed by atoms with Crippen molar-refractivity contribution < 1.29 is 20.8 Å². The van der Waals surface area contributed by atoms with Crippen LogP contribution in [0, 0.1) is 13.8 Å². The quantitative estimate of drug-likeness (QED) is 0.610. The molecule has 0 fully saturated rings. The molecule has 0 heterocycles. The zero-order chi connectivity index (χ0) is 10.9. The summed E-state index contributed by atoms with van der Waals surface area (Å²) >= 11 is -0.826. The van der Waals surface area contributed by atoms with Gasteiger partial charge in [-0.3, -0.25) is 0 Å². The van der Waals surface area contributed by atoms with Gasteiger partial charge in [0.2, 0.25) is 0 Å². The van der Waals surface area contributed by atoms with Crippen molar-refractivity contribution in [3.8, 4) is 0 Å². The summed E-state index contributed by atoms with van der Waals surface area (Å²) in [4.78, 5) is 0. The molecule has 0 N–H and O–H groups in total. The summed E-state index contributed by atoms with van der Waals surface area (Å²) < 4.78 is 0. The Bertz CT molecular complexity index is 42.2. The standard InChI is InChI=1S/2C5H11.2ClH.Zr/c2*1-3-5-4-2;;;/h2*1,3-5H2,2H3;2*1H;/q2*-1;;;+4/p-2. The van der Waals surface area contributed by atoms with Crippen LogP contribution in [0.4, 0.5) is 0 Å². The van der Waals surface area contributed by atoms with E-state index in [1.807, 2.05) is 0 Å². The third-order valence-corrected chi connectivity index (χ3v) is 1.21. The third kappa shape index (κ3) is 59.3. The van der Waals surface area contributed by atoms with Crippen molar-refractivity contribution in [1.82, 2.24) is 0 Å². The molecule has 0 aromatic rings. The van der Waals surface area contributed by atoms with Crippen molar-refractivity contribution in [2.45, 2.75) is 52.4 Å². The molecule has 0 atom stereocenters. The molecular formula is C10H22Cl2Zr. The summed E-state index contributed by atoms with van der Waals surface area (Å²) in [6.07, 6.45) is 7.31. The van der Waals surface area contributed by atoms with E-state index < -0.39 is 20.8 Å². The van der Waals surface area contributed by atoms with Gasteiger partial charge in [-0.05, 0) is 0 Å². The van der Waals surface area contributed by atoms with Gasteiger partial charge in [0.1, 0.15) is 0 Å². The number of hydrogen-bond donors (Lipinski definition) is 0. The van der Waals surface area contributed by atoms with Gasteiger partial charge in [0.25, 0.3) is 0 Å². The van der Waals surface area contributed by atoms with E-state index in [-0.39, 0.29) is 0 Å². The molecule has 0 aromatic carbocycles. The van der Waals surface area contributed by atoms with Crippen LogP contribution in [0.2, 0.25) is 0 Å². The topological polar surface area (TPSA) is 0 Å². The van der Waals surface area contributed by atoms with E-state index in [0.29, 0.717) is 0 Å². The van der Waals surface area contributed by atoms with Gasteiger partial charge >= 0.3 is 37.9 Å². The molecule has 0 aromatic heterocycles. The van der Waals surface area contributed by atoms with E-state index in [0.717, 1.165) is 12.8 Å². The van der Waals surface area contributed by atoms with Gasteiger partial charge in [0.15, 0.2) is 0 Å². The summed E-state index contributed by atoms with van der Waals surface area (Å²) in [7, 11) is 9.87. The Labute approximate surface area is 103 Å². The fraction of sp³-hybridized carbons (Fsp3) is 0.800. The first-order valence-electron chi connectivity index (χ1n) is 4.79. The molecule has 0 bridgehead atoms. The first kappa shape index (κ1) is 20.0. The van der Waals surface area contributed by atoms with Gasteiger partial charge in [-0.15, -0.1) is 0 Å². The molecule has 0 unspecified atom stereocenters. The first-order chi connectivity index (χ1) is 6.24. The number of unbranched alkanes of at least 4 members (excludes halogenated alkanes) is 4. The van der Waals surface area contributed by atoms with Crippen LogP contribution < -0.4 is 0 Å². The summed E-state index contributed by atoms with van der Waals surface area (Å²) in [5.74, 6) is 0. The molecule has 0 spiro atoms. The van der Waals surface area contributed by atoms with Gasteiger partial charge in [-0.25, -0.2) is 0 Å². The molecule has 0 radical (unpaired) electrons. The predicted octanol–water partition coefficient (Wildman–Crippen LogP) is 5.40. The van der Waals surface area contributed by atoms with Crippen LogP contribution in [0.5, 0.6) is 0 Å². The van der Waals surface area contributed by atoms with Gasteiger partial charge in [-0.2, -0.15) is 12.8 Å². The normalized spacial score (nSPS) is 7.23. The zero-order valence-corrected chi connectivity index (χ0v) is 12.9. The molecule has 0 aliphatic heterocycles. The minimum absolute atomic E-state index is 0.826. The van der Waals surface area contributed by atoms with E-state index >= 15 is 0 Å². The molecule has 80 valence electrons. The van der Waals surface area contributed by atoms with Crippen LogP contribution in [0.25, 0.3) is 0 Å². The Balaban J connectivity index is -0.000000120. The van der Waals surface area contributed by atoms with Crippen molar-refractivity contribution in [2.75, 3.05) is 0 Å². The molecule has 0 saturated heterocycles. The third-order valence-electron chi connectivity index (χ3n) is 1.21. The number of rotatable bonds is 4. The van der Waals surface area contributed by atoms with Crippen LogP contribution in [-0.4, -0.2) is 0 Å². The molecule has 13 heavy (non-hydrogen) atoms. The molecule has 0 amide bonds.